The van der Waals surface area contributed by atoms with E-state index in [0.29, 0.717) is 6.54 Å². The number of hydrogen-bond acceptors (Lipinski definition) is 5. The summed E-state index contributed by atoms with van der Waals surface area (Å²) in [5.41, 5.74) is 10.3. The molecule has 2 aromatic rings. The second-order valence-electron chi connectivity index (χ2n) is 6.50. The molecule has 27 heavy (non-hydrogen) atoms. The highest BCUT2D eigenvalue weighted by Crippen LogP contribution is 2.27. The van der Waals surface area contributed by atoms with Crippen LogP contribution >= 0.6 is 36.2 Å². The van der Waals surface area contributed by atoms with E-state index in [4.69, 9.17) is 5.73 Å². The van der Waals surface area contributed by atoms with Crippen molar-refractivity contribution in [1.29, 1.82) is 0 Å². The van der Waals surface area contributed by atoms with Gasteiger partial charge in [0.05, 0.1) is 16.6 Å². The second kappa shape index (κ2) is 12.3. The van der Waals surface area contributed by atoms with E-state index in [1.807, 2.05) is 37.6 Å². The van der Waals surface area contributed by atoms with Crippen LogP contribution in [-0.4, -0.2) is 29.4 Å². The van der Waals surface area contributed by atoms with Gasteiger partial charge in [-0.05, 0) is 37.6 Å². The molecule has 0 unspecified atom stereocenters. The molecule has 0 radical (unpaired) electrons. The average molecular weight is 433 g/mol. The molecule has 0 atom stereocenters. The largest absolute Gasteiger partial charge is 0.329 e. The minimum absolute atomic E-state index is 0. The molecule has 0 aliphatic rings. The maximum absolute atomic E-state index is 12.7. The van der Waals surface area contributed by atoms with Gasteiger partial charge in [0.15, 0.2) is 0 Å². The fraction of sp³-hybridized carbons (Fsp3) is 0.474. The lowest BCUT2D eigenvalue weighted by molar-refractivity contribution is -0.125. The SMILES string of the molecule is CCC(CC)(CN)C(=O)Nc1cccc(CN(C)Cc2cscn2)c1.Cl.Cl. The lowest BCUT2D eigenvalue weighted by Crippen LogP contribution is -2.41. The van der Waals surface area contributed by atoms with Gasteiger partial charge >= 0.3 is 0 Å². The van der Waals surface area contributed by atoms with Crippen molar-refractivity contribution in [3.8, 4) is 0 Å². The molecule has 5 nitrogen and oxygen atoms in total. The lowest BCUT2D eigenvalue weighted by atomic mass is 9.81. The van der Waals surface area contributed by atoms with Crippen molar-refractivity contribution < 1.29 is 4.79 Å². The summed E-state index contributed by atoms with van der Waals surface area (Å²) in [5.74, 6) is 0.00739. The first kappa shape index (κ1) is 25.8. The zero-order chi connectivity index (χ0) is 18.3. The third-order valence-corrected chi connectivity index (χ3v) is 5.41. The summed E-state index contributed by atoms with van der Waals surface area (Å²) in [6.45, 7) is 5.99. The van der Waals surface area contributed by atoms with Gasteiger partial charge in [0.2, 0.25) is 5.91 Å². The van der Waals surface area contributed by atoms with E-state index in [-0.39, 0.29) is 30.7 Å². The third kappa shape index (κ3) is 7.05. The monoisotopic (exact) mass is 432 g/mol. The predicted octanol–water partition coefficient (Wildman–Crippen LogP) is 4.32. The molecule has 8 heteroatoms. The number of benzene rings is 1. The van der Waals surface area contributed by atoms with Gasteiger partial charge in [-0.25, -0.2) is 4.98 Å². The fourth-order valence-electron chi connectivity index (χ4n) is 2.92. The summed E-state index contributed by atoms with van der Waals surface area (Å²) in [6, 6.07) is 8.00. The van der Waals surface area contributed by atoms with Crippen LogP contribution in [0.5, 0.6) is 0 Å². The van der Waals surface area contributed by atoms with E-state index in [2.05, 4.69) is 33.7 Å². The van der Waals surface area contributed by atoms with Crippen LogP contribution < -0.4 is 11.1 Å². The number of rotatable bonds is 9. The van der Waals surface area contributed by atoms with Crippen LogP contribution in [-0.2, 0) is 17.9 Å². The first-order valence-corrected chi connectivity index (χ1v) is 9.63. The van der Waals surface area contributed by atoms with Crippen LogP contribution in [0.3, 0.4) is 0 Å². The maximum atomic E-state index is 12.7. The minimum Gasteiger partial charge on any atom is -0.329 e. The molecule has 0 aliphatic carbocycles. The Morgan fingerprint density at radius 3 is 2.52 bits per heavy atom. The van der Waals surface area contributed by atoms with E-state index >= 15 is 0 Å². The number of nitrogens with zero attached hydrogens (tertiary/aromatic N) is 2. The quantitative estimate of drug-likeness (QED) is 0.618. The number of carbonyl (C=O) groups is 1. The predicted molar refractivity (Wildman–Crippen MR) is 119 cm³/mol. The number of halogens is 2. The number of hydrogen-bond donors (Lipinski definition) is 2. The molecule has 0 spiro atoms. The number of nitrogens with two attached hydrogens (primary N) is 1. The first-order chi connectivity index (χ1) is 12.0. The second-order valence-corrected chi connectivity index (χ2v) is 7.22. The molecule has 0 bridgehead atoms. The molecule has 2 rings (SSSR count). The number of thiazole rings is 1. The summed E-state index contributed by atoms with van der Waals surface area (Å²) in [4.78, 5) is 19.2. The Hall–Kier alpha value is -1.18. The van der Waals surface area contributed by atoms with Crippen LogP contribution in [0, 0.1) is 5.41 Å². The van der Waals surface area contributed by atoms with Gasteiger partial charge < -0.3 is 11.1 Å². The van der Waals surface area contributed by atoms with Crippen molar-refractivity contribution in [3.05, 3.63) is 46.4 Å². The van der Waals surface area contributed by atoms with E-state index in [1.165, 1.54) is 0 Å². The van der Waals surface area contributed by atoms with Gasteiger partial charge in [0, 0.05) is 30.7 Å². The molecule has 1 aromatic carbocycles. The van der Waals surface area contributed by atoms with Crippen molar-refractivity contribution in [3.63, 3.8) is 0 Å². The van der Waals surface area contributed by atoms with Crippen LogP contribution in [0.4, 0.5) is 5.69 Å². The number of anilines is 1. The maximum Gasteiger partial charge on any atom is 0.231 e. The molecular formula is C19H30Cl2N4OS. The molecule has 3 N–H and O–H groups in total. The fourth-order valence-corrected chi connectivity index (χ4v) is 3.47. The Morgan fingerprint density at radius 1 is 1.26 bits per heavy atom. The Bertz CT molecular complexity index is 670. The summed E-state index contributed by atoms with van der Waals surface area (Å²) >= 11 is 1.61. The van der Waals surface area contributed by atoms with Gasteiger partial charge in [-0.15, -0.1) is 36.2 Å². The molecule has 1 heterocycles. The van der Waals surface area contributed by atoms with E-state index < -0.39 is 5.41 Å². The van der Waals surface area contributed by atoms with Crippen LogP contribution in [0.25, 0.3) is 0 Å². The first-order valence-electron chi connectivity index (χ1n) is 8.69. The zero-order valence-corrected chi connectivity index (χ0v) is 18.6. The van der Waals surface area contributed by atoms with Gasteiger partial charge in [0.25, 0.3) is 0 Å². The van der Waals surface area contributed by atoms with Crippen molar-refractivity contribution in [1.82, 2.24) is 9.88 Å². The molecule has 0 fully saturated rings. The zero-order valence-electron chi connectivity index (χ0n) is 16.1. The Labute approximate surface area is 178 Å². The average Bonchev–Trinajstić information content (AvgIpc) is 3.10. The van der Waals surface area contributed by atoms with Crippen molar-refractivity contribution >= 4 is 47.7 Å². The molecule has 0 saturated heterocycles. The molecule has 152 valence electrons. The van der Waals surface area contributed by atoms with Gasteiger partial charge in [-0.3, -0.25) is 9.69 Å². The third-order valence-electron chi connectivity index (χ3n) is 4.78. The Kier molecular flexibility index (Phi) is 11.8. The van der Waals surface area contributed by atoms with Crippen molar-refractivity contribution in [2.24, 2.45) is 11.1 Å². The van der Waals surface area contributed by atoms with E-state index in [9.17, 15) is 4.79 Å². The number of aromatic nitrogens is 1. The highest BCUT2D eigenvalue weighted by atomic mass is 35.5. The number of nitrogens with one attached hydrogen (secondary N) is 1. The van der Waals surface area contributed by atoms with Gasteiger partial charge in [0.1, 0.15) is 0 Å². The van der Waals surface area contributed by atoms with Crippen LogP contribution in [0.2, 0.25) is 0 Å². The Morgan fingerprint density at radius 2 is 1.96 bits per heavy atom. The highest BCUT2D eigenvalue weighted by molar-refractivity contribution is 7.07. The van der Waals surface area contributed by atoms with Crippen LogP contribution in [0.15, 0.2) is 35.2 Å². The van der Waals surface area contributed by atoms with E-state index in [1.54, 1.807) is 11.3 Å². The van der Waals surface area contributed by atoms with Crippen LogP contribution in [0.1, 0.15) is 37.9 Å². The van der Waals surface area contributed by atoms with E-state index in [0.717, 1.165) is 42.9 Å². The molecule has 1 amide bonds. The number of amides is 1. The summed E-state index contributed by atoms with van der Waals surface area (Å²) < 4.78 is 0. The lowest BCUT2D eigenvalue weighted by Gasteiger charge is -2.28. The highest BCUT2D eigenvalue weighted by Gasteiger charge is 2.33. The summed E-state index contributed by atoms with van der Waals surface area (Å²) in [5, 5.41) is 5.11. The summed E-state index contributed by atoms with van der Waals surface area (Å²) in [6.07, 6.45) is 1.48. The summed E-state index contributed by atoms with van der Waals surface area (Å²) in [7, 11) is 2.07. The molecule has 0 aliphatic heterocycles. The molecule has 0 saturated carbocycles. The molecule has 1 aromatic heterocycles. The van der Waals surface area contributed by atoms with Gasteiger partial charge in [-0.2, -0.15) is 0 Å². The van der Waals surface area contributed by atoms with Gasteiger partial charge in [-0.1, -0.05) is 26.0 Å². The van der Waals surface area contributed by atoms with Crippen molar-refractivity contribution in [2.45, 2.75) is 39.8 Å². The Balaban J connectivity index is 0.00000338. The minimum atomic E-state index is -0.489. The normalized spacial score (nSPS) is 10.9. The van der Waals surface area contributed by atoms with Crippen molar-refractivity contribution in [2.75, 3.05) is 18.9 Å². The smallest absolute Gasteiger partial charge is 0.231 e. The molecular weight excluding hydrogens is 403 g/mol. The standard InChI is InChI=1S/C19H28N4OS.2ClH/c1-4-19(5-2,13-20)18(24)22-16-8-6-7-15(9-16)10-23(3)11-17-12-25-14-21-17;;/h6-9,12,14H,4-5,10-11,13,20H2,1-3H3,(H,22,24);2*1H. The number of carbonyl (C=O) groups excluding carboxylic acids is 1. The topological polar surface area (TPSA) is 71.2 Å².